The molecule has 1 aliphatic rings. The van der Waals surface area contributed by atoms with E-state index in [1.165, 1.54) is 13.5 Å². The summed E-state index contributed by atoms with van der Waals surface area (Å²) in [6.07, 6.45) is 2.75. The zero-order valence-corrected chi connectivity index (χ0v) is 11.5. The Kier molecular flexibility index (Phi) is 3.66. The van der Waals surface area contributed by atoms with E-state index >= 15 is 0 Å². The first kappa shape index (κ1) is 12.4. The van der Waals surface area contributed by atoms with Crippen LogP contribution >= 0.6 is 15.9 Å². The van der Waals surface area contributed by atoms with Crippen molar-refractivity contribution in [2.45, 2.75) is 13.3 Å². The minimum absolute atomic E-state index is 0.362. The molecule has 0 aliphatic carbocycles. The highest BCUT2D eigenvalue weighted by molar-refractivity contribution is 9.10. The van der Waals surface area contributed by atoms with Crippen LogP contribution in [0.2, 0.25) is 0 Å². The summed E-state index contributed by atoms with van der Waals surface area (Å²) < 4.78 is 5.50. The number of methoxy groups -OCH3 is 1. The molecule has 1 saturated heterocycles. The van der Waals surface area contributed by atoms with Crippen molar-refractivity contribution >= 4 is 27.7 Å². The van der Waals surface area contributed by atoms with Crippen LogP contribution in [-0.4, -0.2) is 31.2 Å². The highest BCUT2D eigenvalue weighted by Gasteiger charge is 2.22. The van der Waals surface area contributed by atoms with Crippen LogP contribution in [-0.2, 0) is 4.74 Å². The van der Waals surface area contributed by atoms with Gasteiger partial charge in [-0.05, 0) is 34.3 Å². The summed E-state index contributed by atoms with van der Waals surface area (Å²) in [6.45, 7) is 4.27. The molecule has 0 N–H and O–H groups in total. The molecule has 1 aliphatic heterocycles. The van der Waals surface area contributed by atoms with E-state index < -0.39 is 0 Å². The molecule has 2 rings (SSSR count). The summed E-state index contributed by atoms with van der Waals surface area (Å²) in [5.41, 5.74) is 0.468. The fraction of sp³-hybridized carbons (Fsp3) is 0.500. The molecular formula is C12H15BrN2O2. The third-order valence-electron chi connectivity index (χ3n) is 2.97. The van der Waals surface area contributed by atoms with E-state index in [1.54, 1.807) is 12.3 Å². The molecule has 1 aromatic rings. The van der Waals surface area contributed by atoms with Crippen LogP contribution in [0.3, 0.4) is 0 Å². The van der Waals surface area contributed by atoms with Crippen LogP contribution in [0.5, 0.6) is 0 Å². The number of ether oxygens (including phenoxy) is 1. The number of hydrogen-bond acceptors (Lipinski definition) is 4. The first-order valence-electron chi connectivity index (χ1n) is 5.60. The van der Waals surface area contributed by atoms with Crippen molar-refractivity contribution < 1.29 is 9.53 Å². The average molecular weight is 299 g/mol. The van der Waals surface area contributed by atoms with Gasteiger partial charge in [0.05, 0.1) is 17.1 Å². The van der Waals surface area contributed by atoms with Crippen LogP contribution in [0.15, 0.2) is 16.7 Å². The van der Waals surface area contributed by atoms with E-state index in [1.807, 2.05) is 0 Å². The third kappa shape index (κ3) is 2.60. The number of nitrogens with zero attached hydrogens (tertiary/aromatic N) is 2. The smallest absolute Gasteiger partial charge is 0.339 e. The molecule has 1 atom stereocenters. The van der Waals surface area contributed by atoms with Crippen LogP contribution < -0.4 is 4.90 Å². The van der Waals surface area contributed by atoms with Crippen molar-refractivity contribution in [2.75, 3.05) is 25.1 Å². The number of hydrogen-bond donors (Lipinski definition) is 0. The molecule has 0 amide bonds. The highest BCUT2D eigenvalue weighted by Crippen LogP contribution is 2.29. The van der Waals surface area contributed by atoms with Crippen LogP contribution in [0, 0.1) is 5.92 Å². The van der Waals surface area contributed by atoms with Gasteiger partial charge in [0.15, 0.2) is 0 Å². The molecule has 92 valence electrons. The van der Waals surface area contributed by atoms with E-state index in [4.69, 9.17) is 0 Å². The molecule has 0 aromatic carbocycles. The van der Waals surface area contributed by atoms with Gasteiger partial charge in [-0.1, -0.05) is 6.92 Å². The number of carbonyl (C=O) groups excluding carboxylic acids is 1. The molecule has 4 nitrogen and oxygen atoms in total. The van der Waals surface area contributed by atoms with Crippen LogP contribution in [0.1, 0.15) is 23.7 Å². The quantitative estimate of drug-likeness (QED) is 0.787. The molecular weight excluding hydrogens is 284 g/mol. The van der Waals surface area contributed by atoms with E-state index in [2.05, 4.69) is 37.5 Å². The minimum Gasteiger partial charge on any atom is -0.465 e. The Labute approximate surface area is 109 Å². The first-order chi connectivity index (χ1) is 8.11. The lowest BCUT2D eigenvalue weighted by atomic mass is 10.2. The Morgan fingerprint density at radius 2 is 2.41 bits per heavy atom. The highest BCUT2D eigenvalue weighted by atomic mass is 79.9. The van der Waals surface area contributed by atoms with E-state index in [-0.39, 0.29) is 5.97 Å². The van der Waals surface area contributed by atoms with Crippen molar-refractivity contribution in [1.82, 2.24) is 4.98 Å². The molecule has 0 saturated carbocycles. The second kappa shape index (κ2) is 5.04. The summed E-state index contributed by atoms with van der Waals surface area (Å²) in [6, 6.07) is 1.76. The Hall–Kier alpha value is -1.10. The summed E-state index contributed by atoms with van der Waals surface area (Å²) >= 11 is 3.46. The molecule has 17 heavy (non-hydrogen) atoms. The molecule has 5 heteroatoms. The van der Waals surface area contributed by atoms with Crippen LogP contribution in [0.25, 0.3) is 0 Å². The molecule has 2 heterocycles. The predicted molar refractivity (Wildman–Crippen MR) is 69.3 cm³/mol. The number of anilines is 1. The van der Waals surface area contributed by atoms with Crippen molar-refractivity contribution in [3.63, 3.8) is 0 Å². The number of halogens is 1. The maximum Gasteiger partial charge on any atom is 0.339 e. The first-order valence-corrected chi connectivity index (χ1v) is 6.40. The predicted octanol–water partition coefficient (Wildman–Crippen LogP) is 2.48. The van der Waals surface area contributed by atoms with Crippen molar-refractivity contribution in [3.05, 3.63) is 22.3 Å². The van der Waals surface area contributed by atoms with Crippen molar-refractivity contribution in [3.8, 4) is 0 Å². The van der Waals surface area contributed by atoms with Gasteiger partial charge in [0.1, 0.15) is 5.82 Å². The zero-order valence-electron chi connectivity index (χ0n) is 9.94. The average Bonchev–Trinajstić information content (AvgIpc) is 2.74. The Morgan fingerprint density at radius 1 is 1.65 bits per heavy atom. The summed E-state index contributed by atoms with van der Waals surface area (Å²) in [4.78, 5) is 17.9. The molecule has 0 radical (unpaired) electrons. The standard InChI is InChI=1S/C12H15BrN2O2/c1-8-3-4-15(7-8)11-10(13)5-9(6-14-11)12(16)17-2/h5-6,8H,3-4,7H2,1-2H3/t8-/m1/s1. The van der Waals surface area contributed by atoms with Gasteiger partial charge in [0, 0.05) is 19.3 Å². The van der Waals surface area contributed by atoms with E-state index in [9.17, 15) is 4.79 Å². The molecule has 0 unspecified atom stereocenters. The Morgan fingerprint density at radius 3 is 2.94 bits per heavy atom. The summed E-state index contributed by atoms with van der Waals surface area (Å²) in [5.74, 6) is 1.24. The molecule has 0 spiro atoms. The largest absolute Gasteiger partial charge is 0.465 e. The fourth-order valence-electron chi connectivity index (χ4n) is 2.02. The lowest BCUT2D eigenvalue weighted by Crippen LogP contribution is -2.21. The number of carbonyl (C=O) groups is 1. The lowest BCUT2D eigenvalue weighted by molar-refractivity contribution is 0.0600. The monoisotopic (exact) mass is 298 g/mol. The Balaban J connectivity index is 2.23. The van der Waals surface area contributed by atoms with Gasteiger partial charge in [-0.2, -0.15) is 0 Å². The maximum absolute atomic E-state index is 11.4. The van der Waals surface area contributed by atoms with Crippen molar-refractivity contribution in [2.24, 2.45) is 5.92 Å². The van der Waals surface area contributed by atoms with Gasteiger partial charge in [-0.15, -0.1) is 0 Å². The normalized spacial score (nSPS) is 19.5. The lowest BCUT2D eigenvalue weighted by Gasteiger charge is -2.18. The number of pyridine rings is 1. The van der Waals surface area contributed by atoms with Gasteiger partial charge < -0.3 is 9.64 Å². The third-order valence-corrected chi connectivity index (χ3v) is 3.55. The SMILES string of the molecule is COC(=O)c1cnc(N2CC[C@@H](C)C2)c(Br)c1. The van der Waals surface area contributed by atoms with E-state index in [0.29, 0.717) is 11.5 Å². The second-order valence-corrected chi connectivity index (χ2v) is 5.22. The van der Waals surface area contributed by atoms with E-state index in [0.717, 1.165) is 23.4 Å². The minimum atomic E-state index is -0.362. The fourth-order valence-corrected chi connectivity index (χ4v) is 2.62. The number of aromatic nitrogens is 1. The van der Waals surface area contributed by atoms with Crippen molar-refractivity contribution in [1.29, 1.82) is 0 Å². The second-order valence-electron chi connectivity index (χ2n) is 4.36. The summed E-state index contributed by atoms with van der Waals surface area (Å²) in [7, 11) is 1.37. The Bertz CT molecular complexity index is 437. The summed E-state index contributed by atoms with van der Waals surface area (Å²) in [5, 5.41) is 0. The number of rotatable bonds is 2. The maximum atomic E-state index is 11.4. The molecule has 1 aromatic heterocycles. The zero-order chi connectivity index (χ0) is 12.4. The number of esters is 1. The van der Waals surface area contributed by atoms with Gasteiger partial charge in [-0.3, -0.25) is 0 Å². The van der Waals surface area contributed by atoms with Gasteiger partial charge >= 0.3 is 5.97 Å². The topological polar surface area (TPSA) is 42.4 Å². The van der Waals surface area contributed by atoms with Gasteiger partial charge in [0.25, 0.3) is 0 Å². The van der Waals surface area contributed by atoms with Gasteiger partial charge in [-0.25, -0.2) is 9.78 Å². The van der Waals surface area contributed by atoms with Gasteiger partial charge in [0.2, 0.25) is 0 Å². The molecule has 1 fully saturated rings. The molecule has 0 bridgehead atoms. The van der Waals surface area contributed by atoms with Crippen LogP contribution in [0.4, 0.5) is 5.82 Å².